The van der Waals surface area contributed by atoms with Gasteiger partial charge in [0.15, 0.2) is 5.65 Å². The van der Waals surface area contributed by atoms with Gasteiger partial charge in [-0.2, -0.15) is 9.61 Å². The van der Waals surface area contributed by atoms with Crippen LogP contribution in [0.15, 0.2) is 33.5 Å². The highest BCUT2D eigenvalue weighted by atomic mass is 79.9. The minimum Gasteiger partial charge on any atom is -0.493 e. The quantitative estimate of drug-likeness (QED) is 0.536. The van der Waals surface area contributed by atoms with E-state index in [0.29, 0.717) is 21.4 Å². The molecule has 2 heterocycles. The van der Waals surface area contributed by atoms with E-state index in [-0.39, 0.29) is 23.6 Å². The first-order valence-corrected chi connectivity index (χ1v) is 7.40. The zero-order chi connectivity index (χ0) is 16.7. The largest absolute Gasteiger partial charge is 0.493 e. The molecule has 118 valence electrons. The second kappa shape index (κ2) is 5.51. The molecule has 0 saturated heterocycles. The van der Waals surface area contributed by atoms with Crippen LogP contribution in [0.1, 0.15) is 16.8 Å². The third-order valence-corrected chi connectivity index (χ3v) is 4.44. The highest BCUT2D eigenvalue weighted by Gasteiger charge is 2.17. The number of H-pyrrole nitrogens is 1. The summed E-state index contributed by atoms with van der Waals surface area (Å²) in [4.78, 5) is 25.0. The standard InChI is InChI=1S/C14H11BrN4O4/c1-7-11(15)12-16-13(20)10(14(21)18(12)17-7)6-8-2-4-9(5-3-8)19(22)23/h2-5,21H,6H2,1H3,(H,16,20). The minimum atomic E-state index is -0.496. The van der Waals surface area contributed by atoms with Gasteiger partial charge in [-0.15, -0.1) is 0 Å². The van der Waals surface area contributed by atoms with Crippen LogP contribution in [-0.4, -0.2) is 24.6 Å². The number of nitrogens with one attached hydrogen (secondary N) is 1. The molecule has 2 aromatic heterocycles. The number of hydrogen-bond acceptors (Lipinski definition) is 5. The smallest absolute Gasteiger partial charge is 0.269 e. The van der Waals surface area contributed by atoms with Crippen molar-refractivity contribution >= 4 is 27.3 Å². The lowest BCUT2D eigenvalue weighted by atomic mass is 10.1. The predicted molar refractivity (Wildman–Crippen MR) is 85.8 cm³/mol. The highest BCUT2D eigenvalue weighted by Crippen LogP contribution is 2.25. The van der Waals surface area contributed by atoms with Crippen molar-refractivity contribution in [1.29, 1.82) is 0 Å². The Morgan fingerprint density at radius 3 is 2.65 bits per heavy atom. The van der Waals surface area contributed by atoms with Gasteiger partial charge < -0.3 is 10.1 Å². The number of rotatable bonds is 3. The van der Waals surface area contributed by atoms with Crippen molar-refractivity contribution in [2.45, 2.75) is 13.3 Å². The summed E-state index contributed by atoms with van der Waals surface area (Å²) in [6, 6.07) is 5.80. The molecule has 0 spiro atoms. The number of aryl methyl sites for hydroxylation is 1. The molecule has 0 aliphatic carbocycles. The van der Waals surface area contributed by atoms with Crippen LogP contribution in [0.3, 0.4) is 0 Å². The number of non-ortho nitro benzene ring substituents is 1. The second-order valence-corrected chi connectivity index (χ2v) is 5.81. The molecular weight excluding hydrogens is 368 g/mol. The molecule has 0 atom stereocenters. The molecule has 0 aliphatic heterocycles. The normalized spacial score (nSPS) is 11.0. The molecule has 1 aromatic carbocycles. The summed E-state index contributed by atoms with van der Waals surface area (Å²) < 4.78 is 1.86. The molecule has 2 N–H and O–H groups in total. The Bertz CT molecular complexity index is 975. The molecule has 8 nitrogen and oxygen atoms in total. The zero-order valence-electron chi connectivity index (χ0n) is 11.9. The Kier molecular flexibility index (Phi) is 3.64. The lowest BCUT2D eigenvalue weighted by molar-refractivity contribution is -0.384. The summed E-state index contributed by atoms with van der Waals surface area (Å²) in [5, 5.41) is 25.1. The summed E-state index contributed by atoms with van der Waals surface area (Å²) >= 11 is 3.30. The van der Waals surface area contributed by atoms with Gasteiger partial charge in [-0.3, -0.25) is 14.9 Å². The Hall–Kier alpha value is -2.68. The van der Waals surface area contributed by atoms with Gasteiger partial charge in [0.1, 0.15) is 0 Å². The highest BCUT2D eigenvalue weighted by molar-refractivity contribution is 9.10. The summed E-state index contributed by atoms with van der Waals surface area (Å²) in [5.74, 6) is -0.254. The molecule has 0 amide bonds. The SMILES string of the molecule is Cc1nn2c(O)c(Cc3ccc([N+](=O)[O-])cc3)c(=O)[nH]c2c1Br. The number of nitro benzene ring substituents is 1. The predicted octanol–water partition coefficient (Wildman–Crippen LogP) is 2.30. The van der Waals surface area contributed by atoms with E-state index in [9.17, 15) is 20.0 Å². The Morgan fingerprint density at radius 1 is 1.39 bits per heavy atom. The van der Waals surface area contributed by atoms with E-state index in [1.54, 1.807) is 19.1 Å². The molecule has 0 fully saturated rings. The number of fused-ring (bicyclic) bond motifs is 1. The molecule has 9 heteroatoms. The van der Waals surface area contributed by atoms with Crippen LogP contribution in [0, 0.1) is 17.0 Å². The van der Waals surface area contributed by atoms with Gasteiger partial charge in [-0.05, 0) is 28.4 Å². The molecular formula is C14H11BrN4O4. The monoisotopic (exact) mass is 378 g/mol. The Balaban J connectivity index is 2.06. The fraction of sp³-hybridized carbons (Fsp3) is 0.143. The van der Waals surface area contributed by atoms with Crippen molar-refractivity contribution < 1.29 is 10.0 Å². The first-order chi connectivity index (χ1) is 10.9. The van der Waals surface area contributed by atoms with Gasteiger partial charge in [-0.1, -0.05) is 12.1 Å². The molecule has 0 unspecified atom stereocenters. The van der Waals surface area contributed by atoms with E-state index >= 15 is 0 Å². The lowest BCUT2D eigenvalue weighted by Gasteiger charge is -2.06. The number of nitrogens with zero attached hydrogens (tertiary/aromatic N) is 3. The lowest BCUT2D eigenvalue weighted by Crippen LogP contribution is -2.16. The van der Waals surface area contributed by atoms with Gasteiger partial charge in [0.25, 0.3) is 11.2 Å². The average Bonchev–Trinajstić information content (AvgIpc) is 2.80. The summed E-state index contributed by atoms with van der Waals surface area (Å²) in [7, 11) is 0. The van der Waals surface area contributed by atoms with Crippen LogP contribution in [0.5, 0.6) is 5.88 Å². The number of nitro groups is 1. The van der Waals surface area contributed by atoms with E-state index in [0.717, 1.165) is 0 Å². The van der Waals surface area contributed by atoms with Crippen molar-refractivity contribution in [3.8, 4) is 5.88 Å². The Labute approximate surface area is 137 Å². The molecule has 0 bridgehead atoms. The summed E-state index contributed by atoms with van der Waals surface area (Å²) in [6.45, 7) is 1.74. The number of benzene rings is 1. The maximum absolute atomic E-state index is 12.2. The maximum Gasteiger partial charge on any atom is 0.269 e. The second-order valence-electron chi connectivity index (χ2n) is 5.02. The van der Waals surface area contributed by atoms with Crippen molar-refractivity contribution in [3.63, 3.8) is 0 Å². The van der Waals surface area contributed by atoms with Gasteiger partial charge in [-0.25, -0.2) is 0 Å². The van der Waals surface area contributed by atoms with E-state index in [4.69, 9.17) is 0 Å². The number of halogens is 1. The van der Waals surface area contributed by atoms with E-state index < -0.39 is 10.5 Å². The first kappa shape index (κ1) is 15.2. The topological polar surface area (TPSA) is 114 Å². The number of aromatic amines is 1. The Morgan fingerprint density at radius 2 is 2.04 bits per heavy atom. The molecule has 3 aromatic rings. The molecule has 0 aliphatic rings. The van der Waals surface area contributed by atoms with Crippen LogP contribution in [0.2, 0.25) is 0 Å². The molecule has 0 saturated carbocycles. The van der Waals surface area contributed by atoms with Gasteiger partial charge >= 0.3 is 0 Å². The van der Waals surface area contributed by atoms with Gasteiger partial charge in [0, 0.05) is 18.6 Å². The summed E-state index contributed by atoms with van der Waals surface area (Å²) in [6.07, 6.45) is 0.131. The van der Waals surface area contributed by atoms with Crippen LogP contribution in [0.25, 0.3) is 5.65 Å². The number of aromatic hydroxyl groups is 1. The average molecular weight is 379 g/mol. The van der Waals surface area contributed by atoms with Crippen molar-refractivity contribution in [1.82, 2.24) is 14.6 Å². The van der Waals surface area contributed by atoms with Crippen LogP contribution in [-0.2, 0) is 6.42 Å². The third kappa shape index (κ3) is 2.59. The fourth-order valence-corrected chi connectivity index (χ4v) is 2.63. The molecule has 23 heavy (non-hydrogen) atoms. The maximum atomic E-state index is 12.2. The number of hydrogen-bond donors (Lipinski definition) is 2. The van der Waals surface area contributed by atoms with E-state index in [1.807, 2.05) is 0 Å². The summed E-state index contributed by atoms with van der Waals surface area (Å²) in [5.41, 5.74) is 1.34. The van der Waals surface area contributed by atoms with E-state index in [1.165, 1.54) is 16.6 Å². The van der Waals surface area contributed by atoms with Gasteiger partial charge in [0.05, 0.1) is 20.7 Å². The first-order valence-electron chi connectivity index (χ1n) is 6.60. The number of aromatic nitrogens is 3. The van der Waals surface area contributed by atoms with Crippen LogP contribution < -0.4 is 5.56 Å². The van der Waals surface area contributed by atoms with Crippen LogP contribution >= 0.6 is 15.9 Å². The van der Waals surface area contributed by atoms with Crippen molar-refractivity contribution in [2.75, 3.05) is 0 Å². The zero-order valence-corrected chi connectivity index (χ0v) is 13.5. The van der Waals surface area contributed by atoms with E-state index in [2.05, 4.69) is 26.0 Å². The van der Waals surface area contributed by atoms with Crippen molar-refractivity contribution in [3.05, 3.63) is 66.0 Å². The molecule has 3 rings (SSSR count). The van der Waals surface area contributed by atoms with Crippen LogP contribution in [0.4, 0.5) is 5.69 Å². The minimum absolute atomic E-state index is 0.0334. The van der Waals surface area contributed by atoms with Crippen molar-refractivity contribution in [2.24, 2.45) is 0 Å². The molecule has 0 radical (unpaired) electrons. The fourth-order valence-electron chi connectivity index (χ4n) is 2.28. The third-order valence-electron chi connectivity index (χ3n) is 3.49. The van der Waals surface area contributed by atoms with Gasteiger partial charge in [0.2, 0.25) is 5.88 Å².